The molecule has 3 heterocycles. The Labute approximate surface area is 167 Å². The summed E-state index contributed by atoms with van der Waals surface area (Å²) in [6, 6.07) is 4.54. The van der Waals surface area contributed by atoms with Crippen molar-refractivity contribution in [3.8, 4) is 6.07 Å². The lowest BCUT2D eigenvalue weighted by atomic mass is 9.78. The number of anilines is 1. The number of piperidine rings is 1. The van der Waals surface area contributed by atoms with Crippen molar-refractivity contribution in [2.45, 2.75) is 70.9 Å². The Morgan fingerprint density at radius 1 is 1.21 bits per heavy atom. The quantitative estimate of drug-likeness (QED) is 0.851. The van der Waals surface area contributed by atoms with E-state index in [9.17, 15) is 15.2 Å². The van der Waals surface area contributed by atoms with Crippen LogP contribution in [0.4, 0.5) is 5.82 Å². The second-order valence-corrected chi connectivity index (χ2v) is 8.91. The number of nitrogens with zero attached hydrogens (tertiary/aromatic N) is 4. The van der Waals surface area contributed by atoms with Gasteiger partial charge in [-0.25, -0.2) is 4.98 Å². The number of carbonyl (C=O) groups excluding carboxylic acids is 1. The highest BCUT2D eigenvalue weighted by Gasteiger charge is 2.51. The number of hydrogen-bond acceptors (Lipinski definition) is 5. The molecule has 3 fully saturated rings. The zero-order valence-corrected chi connectivity index (χ0v) is 16.9. The van der Waals surface area contributed by atoms with Crippen LogP contribution in [0.3, 0.4) is 0 Å². The maximum absolute atomic E-state index is 13.5. The largest absolute Gasteiger partial charge is 0.393 e. The van der Waals surface area contributed by atoms with Crippen molar-refractivity contribution in [2.75, 3.05) is 24.5 Å². The lowest BCUT2D eigenvalue weighted by Crippen LogP contribution is -2.50. The van der Waals surface area contributed by atoms with Gasteiger partial charge in [0.25, 0.3) is 0 Å². The van der Waals surface area contributed by atoms with Gasteiger partial charge in [0.15, 0.2) is 0 Å². The summed E-state index contributed by atoms with van der Waals surface area (Å²) in [5, 5.41) is 19.4. The van der Waals surface area contributed by atoms with Crippen LogP contribution in [0.25, 0.3) is 0 Å². The number of amides is 1. The average Bonchev–Trinajstić information content (AvgIpc) is 2.98. The van der Waals surface area contributed by atoms with E-state index in [1.807, 2.05) is 19.9 Å². The van der Waals surface area contributed by atoms with Gasteiger partial charge in [-0.15, -0.1) is 0 Å². The van der Waals surface area contributed by atoms with Gasteiger partial charge in [-0.1, -0.05) is 0 Å². The number of likely N-dealkylation sites (tertiary alicyclic amines) is 1. The van der Waals surface area contributed by atoms with Crippen LogP contribution in [-0.2, 0) is 4.79 Å². The minimum atomic E-state index is -0.347. The summed E-state index contributed by atoms with van der Waals surface area (Å²) in [5.74, 6) is 1.02. The molecule has 0 unspecified atom stereocenters. The SMILES string of the molecule is Cc1cc(C)c(C#N)c(N2CCC[C@]3(CCN(C4CCC(O)CC4)C3=O)C2)n1. The van der Waals surface area contributed by atoms with Crippen LogP contribution in [0.5, 0.6) is 0 Å². The molecule has 0 bridgehead atoms. The molecule has 1 aliphatic carbocycles. The van der Waals surface area contributed by atoms with Crippen LogP contribution >= 0.6 is 0 Å². The summed E-state index contributed by atoms with van der Waals surface area (Å²) in [6.45, 7) is 6.23. The molecule has 0 radical (unpaired) electrons. The summed E-state index contributed by atoms with van der Waals surface area (Å²) in [5.41, 5.74) is 2.14. The van der Waals surface area contributed by atoms with Gasteiger partial charge in [0.05, 0.1) is 17.1 Å². The number of nitriles is 1. The molecule has 1 N–H and O–H groups in total. The highest BCUT2D eigenvalue weighted by Crippen LogP contribution is 2.43. The van der Waals surface area contributed by atoms with Gasteiger partial charge in [0, 0.05) is 31.4 Å². The third-order valence-electron chi connectivity index (χ3n) is 6.97. The minimum Gasteiger partial charge on any atom is -0.393 e. The first-order chi connectivity index (χ1) is 13.4. The number of hydrogen-bond donors (Lipinski definition) is 1. The maximum Gasteiger partial charge on any atom is 0.230 e. The Kier molecular flexibility index (Phi) is 5.05. The first-order valence-corrected chi connectivity index (χ1v) is 10.6. The molecule has 28 heavy (non-hydrogen) atoms. The highest BCUT2D eigenvalue weighted by molar-refractivity contribution is 5.86. The number of aromatic nitrogens is 1. The fourth-order valence-corrected chi connectivity index (χ4v) is 5.44. The number of pyridine rings is 1. The molecular weight excluding hydrogens is 352 g/mol. The number of aryl methyl sites for hydroxylation is 2. The van der Waals surface area contributed by atoms with E-state index < -0.39 is 0 Å². The molecule has 1 atom stereocenters. The van der Waals surface area contributed by atoms with Crippen LogP contribution in [0.15, 0.2) is 6.07 Å². The van der Waals surface area contributed by atoms with Crippen molar-refractivity contribution in [2.24, 2.45) is 5.41 Å². The lowest BCUT2D eigenvalue weighted by Gasteiger charge is -2.41. The third-order valence-corrected chi connectivity index (χ3v) is 6.97. The molecule has 4 rings (SSSR count). The van der Waals surface area contributed by atoms with Gasteiger partial charge in [-0.05, 0) is 70.4 Å². The molecule has 6 heteroatoms. The fourth-order valence-electron chi connectivity index (χ4n) is 5.44. The van der Waals surface area contributed by atoms with Gasteiger partial charge >= 0.3 is 0 Å². The van der Waals surface area contributed by atoms with E-state index in [0.29, 0.717) is 12.1 Å². The van der Waals surface area contributed by atoms with E-state index in [2.05, 4.69) is 20.9 Å². The van der Waals surface area contributed by atoms with E-state index in [1.165, 1.54) is 0 Å². The molecule has 0 aromatic carbocycles. The zero-order chi connectivity index (χ0) is 19.9. The predicted octanol–water partition coefficient (Wildman–Crippen LogP) is 2.69. The van der Waals surface area contributed by atoms with Crippen LogP contribution < -0.4 is 4.90 Å². The number of carbonyl (C=O) groups is 1. The first-order valence-electron chi connectivity index (χ1n) is 10.6. The number of aliphatic hydroxyl groups excluding tert-OH is 1. The van der Waals surface area contributed by atoms with Crippen molar-refractivity contribution in [3.05, 3.63) is 22.9 Å². The highest BCUT2D eigenvalue weighted by atomic mass is 16.3. The summed E-state index contributed by atoms with van der Waals surface area (Å²) >= 11 is 0. The smallest absolute Gasteiger partial charge is 0.230 e. The molecule has 2 saturated heterocycles. The lowest BCUT2D eigenvalue weighted by molar-refractivity contribution is -0.139. The molecule has 1 amide bonds. The molecule has 1 saturated carbocycles. The second kappa shape index (κ2) is 7.36. The number of aliphatic hydroxyl groups is 1. The zero-order valence-electron chi connectivity index (χ0n) is 16.9. The first kappa shape index (κ1) is 19.2. The molecule has 1 aromatic rings. The van der Waals surface area contributed by atoms with Gasteiger partial charge in [-0.3, -0.25) is 4.79 Å². The Morgan fingerprint density at radius 3 is 2.68 bits per heavy atom. The Bertz CT molecular complexity index is 809. The molecule has 1 spiro atoms. The van der Waals surface area contributed by atoms with Crippen LogP contribution in [-0.4, -0.2) is 52.7 Å². The second-order valence-electron chi connectivity index (χ2n) is 8.91. The van der Waals surface area contributed by atoms with Crippen LogP contribution in [0, 0.1) is 30.6 Å². The van der Waals surface area contributed by atoms with Gasteiger partial charge in [0.1, 0.15) is 11.9 Å². The Hall–Kier alpha value is -2.13. The molecule has 150 valence electrons. The van der Waals surface area contributed by atoms with Crippen LogP contribution in [0.1, 0.15) is 61.8 Å². The van der Waals surface area contributed by atoms with E-state index >= 15 is 0 Å². The van der Waals surface area contributed by atoms with Crippen molar-refractivity contribution in [1.82, 2.24) is 9.88 Å². The fraction of sp³-hybridized carbons (Fsp3) is 0.682. The Balaban J connectivity index is 1.56. The van der Waals surface area contributed by atoms with Crippen molar-refractivity contribution < 1.29 is 9.90 Å². The topological polar surface area (TPSA) is 80.5 Å². The van der Waals surface area contributed by atoms with Crippen molar-refractivity contribution in [3.63, 3.8) is 0 Å². The molecule has 1 aromatic heterocycles. The van der Waals surface area contributed by atoms with E-state index in [4.69, 9.17) is 0 Å². The molecule has 6 nitrogen and oxygen atoms in total. The van der Waals surface area contributed by atoms with Gasteiger partial charge < -0.3 is 14.9 Å². The standard InChI is InChI=1S/C22H30N4O2/c1-15-12-16(2)24-20(19(15)13-23)25-10-3-8-22(14-25)9-11-26(21(22)28)17-4-6-18(27)7-5-17/h12,17-18,27H,3-11,14H2,1-2H3/t17?,18?,22-/m0/s1. The summed E-state index contributed by atoms with van der Waals surface area (Å²) in [4.78, 5) is 22.4. The summed E-state index contributed by atoms with van der Waals surface area (Å²) in [6.07, 6.45) is 5.95. The minimum absolute atomic E-state index is 0.201. The van der Waals surface area contributed by atoms with E-state index in [0.717, 1.165) is 75.1 Å². The maximum atomic E-state index is 13.5. The number of rotatable bonds is 2. The Morgan fingerprint density at radius 2 is 1.96 bits per heavy atom. The average molecular weight is 383 g/mol. The third kappa shape index (κ3) is 3.26. The van der Waals surface area contributed by atoms with Gasteiger partial charge in [0.2, 0.25) is 5.91 Å². The monoisotopic (exact) mass is 382 g/mol. The van der Waals surface area contributed by atoms with Crippen molar-refractivity contribution in [1.29, 1.82) is 5.26 Å². The summed E-state index contributed by atoms with van der Waals surface area (Å²) < 4.78 is 0. The van der Waals surface area contributed by atoms with E-state index in [1.54, 1.807) is 0 Å². The summed E-state index contributed by atoms with van der Waals surface area (Å²) in [7, 11) is 0. The van der Waals surface area contributed by atoms with Crippen LogP contribution in [0.2, 0.25) is 0 Å². The predicted molar refractivity (Wildman–Crippen MR) is 107 cm³/mol. The molecular formula is C22H30N4O2. The van der Waals surface area contributed by atoms with E-state index in [-0.39, 0.29) is 23.5 Å². The van der Waals surface area contributed by atoms with Gasteiger partial charge in [-0.2, -0.15) is 5.26 Å². The molecule has 3 aliphatic rings. The normalized spacial score (nSPS) is 30.7. The molecule has 2 aliphatic heterocycles. The van der Waals surface area contributed by atoms with Crippen molar-refractivity contribution >= 4 is 11.7 Å².